The zero-order valence-electron chi connectivity index (χ0n) is 12.0. The van der Waals surface area contributed by atoms with Crippen LogP contribution in [0, 0.1) is 5.92 Å². The standard InChI is InChI=1S/C15H18N4OS/c1-10-4-2-3-5-11(10)18-14(20)13-9-21-15(19-13)12-8-16-6-7-17-12/h6-11H,2-5H2,1H3,(H,18,20). The molecule has 1 amide bonds. The lowest BCUT2D eigenvalue weighted by Gasteiger charge is -2.29. The van der Waals surface area contributed by atoms with E-state index in [0.29, 0.717) is 17.3 Å². The van der Waals surface area contributed by atoms with Crippen molar-refractivity contribution in [2.75, 3.05) is 0 Å². The van der Waals surface area contributed by atoms with E-state index >= 15 is 0 Å². The van der Waals surface area contributed by atoms with E-state index in [1.165, 1.54) is 30.6 Å². The third-order valence-corrected chi connectivity index (χ3v) is 4.81. The molecule has 1 N–H and O–H groups in total. The van der Waals surface area contributed by atoms with Crippen molar-refractivity contribution in [3.63, 3.8) is 0 Å². The number of nitrogens with zero attached hydrogens (tertiary/aromatic N) is 3. The lowest BCUT2D eigenvalue weighted by Crippen LogP contribution is -2.41. The van der Waals surface area contributed by atoms with Crippen LogP contribution in [0.1, 0.15) is 43.1 Å². The van der Waals surface area contributed by atoms with E-state index in [1.54, 1.807) is 24.0 Å². The predicted octanol–water partition coefficient (Wildman–Crippen LogP) is 2.91. The van der Waals surface area contributed by atoms with E-state index in [9.17, 15) is 4.79 Å². The second-order valence-electron chi connectivity index (χ2n) is 5.47. The predicted molar refractivity (Wildman–Crippen MR) is 82.0 cm³/mol. The highest BCUT2D eigenvalue weighted by Crippen LogP contribution is 2.25. The number of hydrogen-bond acceptors (Lipinski definition) is 5. The molecular weight excluding hydrogens is 284 g/mol. The van der Waals surface area contributed by atoms with Crippen LogP contribution in [-0.2, 0) is 0 Å². The fourth-order valence-corrected chi connectivity index (χ4v) is 3.44. The molecule has 21 heavy (non-hydrogen) atoms. The minimum Gasteiger partial charge on any atom is -0.348 e. The van der Waals surface area contributed by atoms with Crippen LogP contribution in [0.4, 0.5) is 0 Å². The van der Waals surface area contributed by atoms with Crippen molar-refractivity contribution in [1.82, 2.24) is 20.3 Å². The summed E-state index contributed by atoms with van der Waals surface area (Å²) in [6.07, 6.45) is 9.61. The molecule has 2 aromatic rings. The average Bonchev–Trinajstić information content (AvgIpc) is 3.00. The third kappa shape index (κ3) is 3.26. The molecule has 2 unspecified atom stereocenters. The summed E-state index contributed by atoms with van der Waals surface area (Å²) in [6, 6.07) is 0.271. The second kappa shape index (κ2) is 6.30. The molecule has 3 rings (SSSR count). The fourth-order valence-electron chi connectivity index (χ4n) is 2.68. The van der Waals surface area contributed by atoms with E-state index in [0.717, 1.165) is 11.4 Å². The largest absolute Gasteiger partial charge is 0.348 e. The summed E-state index contributed by atoms with van der Waals surface area (Å²) >= 11 is 1.42. The van der Waals surface area contributed by atoms with E-state index < -0.39 is 0 Å². The highest BCUT2D eigenvalue weighted by atomic mass is 32.1. The Morgan fingerprint density at radius 3 is 2.95 bits per heavy atom. The van der Waals surface area contributed by atoms with Gasteiger partial charge in [0.05, 0.1) is 6.20 Å². The number of hydrogen-bond donors (Lipinski definition) is 1. The van der Waals surface area contributed by atoms with Gasteiger partial charge in [-0.15, -0.1) is 11.3 Å². The Hall–Kier alpha value is -1.82. The fraction of sp³-hybridized carbons (Fsp3) is 0.467. The molecule has 0 bridgehead atoms. The Labute approximate surface area is 127 Å². The molecule has 0 radical (unpaired) electrons. The van der Waals surface area contributed by atoms with Gasteiger partial charge in [0.1, 0.15) is 16.4 Å². The summed E-state index contributed by atoms with van der Waals surface area (Å²) in [4.78, 5) is 24.9. The maximum Gasteiger partial charge on any atom is 0.271 e. The molecule has 0 aliphatic heterocycles. The second-order valence-corrected chi connectivity index (χ2v) is 6.33. The molecule has 6 heteroatoms. The smallest absolute Gasteiger partial charge is 0.271 e. The minimum atomic E-state index is -0.0832. The molecule has 0 spiro atoms. The summed E-state index contributed by atoms with van der Waals surface area (Å²) in [6.45, 7) is 2.20. The summed E-state index contributed by atoms with van der Waals surface area (Å²) in [7, 11) is 0. The quantitative estimate of drug-likeness (QED) is 0.946. The van der Waals surface area contributed by atoms with Gasteiger partial charge < -0.3 is 5.32 Å². The van der Waals surface area contributed by atoms with Crippen LogP contribution >= 0.6 is 11.3 Å². The van der Waals surface area contributed by atoms with Crippen LogP contribution in [0.15, 0.2) is 24.0 Å². The molecule has 1 aliphatic rings. The van der Waals surface area contributed by atoms with E-state index in [4.69, 9.17) is 0 Å². The van der Waals surface area contributed by atoms with Crippen molar-refractivity contribution < 1.29 is 4.79 Å². The van der Waals surface area contributed by atoms with Gasteiger partial charge in [-0.2, -0.15) is 0 Å². The van der Waals surface area contributed by atoms with Gasteiger partial charge in [-0.1, -0.05) is 19.8 Å². The van der Waals surface area contributed by atoms with Gasteiger partial charge >= 0.3 is 0 Å². The number of amides is 1. The number of rotatable bonds is 3. The van der Waals surface area contributed by atoms with Gasteiger partial charge in [0, 0.05) is 23.8 Å². The molecule has 2 atom stereocenters. The van der Waals surface area contributed by atoms with Gasteiger partial charge in [-0.25, -0.2) is 4.98 Å². The Morgan fingerprint density at radius 1 is 1.33 bits per heavy atom. The maximum atomic E-state index is 12.3. The van der Waals surface area contributed by atoms with Crippen LogP contribution in [-0.4, -0.2) is 26.9 Å². The highest BCUT2D eigenvalue weighted by molar-refractivity contribution is 7.13. The van der Waals surface area contributed by atoms with E-state index in [-0.39, 0.29) is 11.9 Å². The summed E-state index contributed by atoms with van der Waals surface area (Å²) < 4.78 is 0. The van der Waals surface area contributed by atoms with Gasteiger partial charge in [0.25, 0.3) is 5.91 Å². The first-order valence-electron chi connectivity index (χ1n) is 7.27. The van der Waals surface area contributed by atoms with Crippen molar-refractivity contribution in [2.24, 2.45) is 5.92 Å². The van der Waals surface area contributed by atoms with Crippen molar-refractivity contribution in [3.05, 3.63) is 29.7 Å². The Kier molecular flexibility index (Phi) is 4.24. The SMILES string of the molecule is CC1CCCCC1NC(=O)c1csc(-c2cnccn2)n1. The van der Waals surface area contributed by atoms with Gasteiger partial charge in [-0.3, -0.25) is 14.8 Å². The van der Waals surface area contributed by atoms with Crippen LogP contribution < -0.4 is 5.32 Å². The summed E-state index contributed by atoms with van der Waals surface area (Å²) in [5, 5.41) is 5.63. The molecular formula is C15H18N4OS. The Morgan fingerprint density at radius 2 is 2.19 bits per heavy atom. The van der Waals surface area contributed by atoms with Crippen molar-refractivity contribution in [3.8, 4) is 10.7 Å². The van der Waals surface area contributed by atoms with Crippen molar-refractivity contribution in [2.45, 2.75) is 38.6 Å². The number of nitrogens with one attached hydrogen (secondary N) is 1. The van der Waals surface area contributed by atoms with Crippen molar-refractivity contribution >= 4 is 17.2 Å². The molecule has 1 aliphatic carbocycles. The Bertz CT molecular complexity index is 613. The lowest BCUT2D eigenvalue weighted by molar-refractivity contribution is 0.0906. The monoisotopic (exact) mass is 302 g/mol. The number of carbonyl (C=O) groups is 1. The molecule has 1 fully saturated rings. The maximum absolute atomic E-state index is 12.3. The minimum absolute atomic E-state index is 0.0832. The van der Waals surface area contributed by atoms with Gasteiger partial charge in [-0.05, 0) is 18.8 Å². The molecule has 0 aromatic carbocycles. The zero-order valence-corrected chi connectivity index (χ0v) is 12.8. The van der Waals surface area contributed by atoms with Gasteiger partial charge in [0.15, 0.2) is 0 Å². The first-order valence-corrected chi connectivity index (χ1v) is 8.15. The number of carbonyl (C=O) groups excluding carboxylic acids is 1. The molecule has 2 heterocycles. The number of aromatic nitrogens is 3. The molecule has 0 saturated heterocycles. The topological polar surface area (TPSA) is 67.8 Å². The normalized spacial score (nSPS) is 22.0. The van der Waals surface area contributed by atoms with Crippen molar-refractivity contribution in [1.29, 1.82) is 0 Å². The van der Waals surface area contributed by atoms with Crippen LogP contribution in [0.2, 0.25) is 0 Å². The molecule has 110 valence electrons. The summed E-state index contributed by atoms with van der Waals surface area (Å²) in [5.41, 5.74) is 1.17. The lowest BCUT2D eigenvalue weighted by atomic mass is 9.86. The molecule has 2 aromatic heterocycles. The summed E-state index contributed by atoms with van der Waals surface area (Å²) in [5.74, 6) is 0.459. The first-order chi connectivity index (χ1) is 10.2. The van der Waals surface area contributed by atoms with Gasteiger partial charge in [0.2, 0.25) is 0 Å². The Balaban J connectivity index is 1.69. The van der Waals surface area contributed by atoms with E-state index in [2.05, 4.69) is 27.2 Å². The number of thiazole rings is 1. The van der Waals surface area contributed by atoms with Crippen LogP contribution in [0.3, 0.4) is 0 Å². The molecule has 1 saturated carbocycles. The van der Waals surface area contributed by atoms with Crippen LogP contribution in [0.5, 0.6) is 0 Å². The van der Waals surface area contributed by atoms with Crippen LogP contribution in [0.25, 0.3) is 10.7 Å². The third-order valence-electron chi connectivity index (χ3n) is 3.95. The molecule has 5 nitrogen and oxygen atoms in total. The first kappa shape index (κ1) is 14.1. The highest BCUT2D eigenvalue weighted by Gasteiger charge is 2.24. The zero-order chi connectivity index (χ0) is 14.7. The van der Waals surface area contributed by atoms with E-state index in [1.807, 2.05) is 0 Å². The average molecular weight is 302 g/mol.